The molecule has 0 saturated heterocycles. The van der Waals surface area contributed by atoms with Crippen LogP contribution in [0.3, 0.4) is 0 Å². The summed E-state index contributed by atoms with van der Waals surface area (Å²) < 4.78 is 1.65. The number of rotatable bonds is 4. The van der Waals surface area contributed by atoms with Crippen LogP contribution >= 0.6 is 11.3 Å². The first-order valence-electron chi connectivity index (χ1n) is 9.33. The van der Waals surface area contributed by atoms with E-state index in [2.05, 4.69) is 20.4 Å². The molecule has 0 aliphatic heterocycles. The fraction of sp³-hybridized carbons (Fsp3) is 0.0435. The number of carbonyl (C=O) groups excluding carboxylic acids is 1. The van der Waals surface area contributed by atoms with Gasteiger partial charge in [0.15, 0.2) is 5.13 Å². The minimum absolute atomic E-state index is 0. The molecule has 2 fully saturated rings. The summed E-state index contributed by atoms with van der Waals surface area (Å²) in [4.78, 5) is 21.0. The van der Waals surface area contributed by atoms with Crippen LogP contribution in [-0.4, -0.2) is 25.7 Å². The summed E-state index contributed by atoms with van der Waals surface area (Å²) in [5, 5.41) is 8.38. The molecule has 2 heterocycles. The third-order valence-electron chi connectivity index (χ3n) is 4.26. The van der Waals surface area contributed by atoms with Crippen LogP contribution in [0.4, 0.5) is 5.13 Å². The number of nitrogens with zero attached hydrogens (tertiary/aromatic N) is 4. The smallest absolute Gasteiger partial charge is 0.298 e. The Morgan fingerprint density at radius 3 is 2.19 bits per heavy atom. The Kier molecular flexibility index (Phi) is 8.81. The molecule has 2 saturated carbocycles. The van der Waals surface area contributed by atoms with Crippen LogP contribution in [0.25, 0.3) is 5.00 Å². The number of anilines is 1. The molecule has 6 nitrogen and oxygen atoms in total. The first kappa shape index (κ1) is 23.6. The van der Waals surface area contributed by atoms with E-state index >= 15 is 0 Å². The summed E-state index contributed by atoms with van der Waals surface area (Å²) in [6.07, 6.45) is 20.9. The number of aryl methyl sites for hydroxylation is 1. The molecular weight excluding hydrogens is 450 g/mol. The maximum atomic E-state index is 12.4. The molecule has 5 rings (SSSR count). The van der Waals surface area contributed by atoms with E-state index in [-0.39, 0.29) is 23.0 Å². The Morgan fingerprint density at radius 2 is 1.61 bits per heavy atom. The maximum Gasteiger partial charge on any atom is 2.00 e. The molecule has 2 aromatic heterocycles. The summed E-state index contributed by atoms with van der Waals surface area (Å²) in [6.45, 7) is 1.99. The number of benzene rings is 1. The Bertz CT molecular complexity index is 937. The van der Waals surface area contributed by atoms with Gasteiger partial charge in [-0.15, -0.1) is 0 Å². The standard InChI is InChI=1S/C18H14N5OS.C5H5.Fe/c1-12-6-8-14(9-7-12)16(24)22-18-21-15(13-4-2-3-5-13)17(25-18)23-11-19-10-20-23;1-2-4-5-3-1;/h2-11H,1H3,(H,21,22,24);1-5H;/q;;+2. The van der Waals surface area contributed by atoms with Gasteiger partial charge in [-0.3, -0.25) is 10.1 Å². The summed E-state index contributed by atoms with van der Waals surface area (Å²) in [5.74, 6) is 0.783. The predicted octanol–water partition coefficient (Wildman–Crippen LogP) is 4.06. The van der Waals surface area contributed by atoms with Gasteiger partial charge in [-0.2, -0.15) is 5.10 Å². The van der Waals surface area contributed by atoms with Crippen molar-refractivity contribution in [2.45, 2.75) is 6.92 Å². The van der Waals surface area contributed by atoms with Crippen LogP contribution in [0.1, 0.15) is 21.6 Å². The van der Waals surface area contributed by atoms with E-state index in [1.807, 2.05) is 76.8 Å². The molecule has 1 N–H and O–H groups in total. The van der Waals surface area contributed by atoms with E-state index in [0.29, 0.717) is 10.7 Å². The van der Waals surface area contributed by atoms with Crippen LogP contribution in [-0.2, 0) is 17.1 Å². The number of thiazole rings is 1. The van der Waals surface area contributed by atoms with E-state index < -0.39 is 0 Å². The van der Waals surface area contributed by atoms with Gasteiger partial charge in [0.1, 0.15) is 17.7 Å². The van der Waals surface area contributed by atoms with Crippen molar-refractivity contribution in [3.05, 3.63) is 117 Å². The minimum Gasteiger partial charge on any atom is -0.298 e. The Balaban J connectivity index is 0.000000401. The zero-order valence-electron chi connectivity index (χ0n) is 16.6. The van der Waals surface area contributed by atoms with E-state index in [0.717, 1.165) is 22.2 Å². The molecule has 1 amide bonds. The van der Waals surface area contributed by atoms with Gasteiger partial charge in [-0.05, 0) is 76.8 Å². The largest absolute Gasteiger partial charge is 2.00 e. The molecule has 3 aromatic rings. The number of hydrogen-bond acceptors (Lipinski definition) is 5. The van der Waals surface area contributed by atoms with Gasteiger partial charge in [0.2, 0.25) is 0 Å². The first-order chi connectivity index (χ1) is 14.7. The molecule has 2 aliphatic rings. The fourth-order valence-electron chi connectivity index (χ4n) is 2.75. The Labute approximate surface area is 198 Å². The van der Waals surface area contributed by atoms with Crippen LogP contribution in [0.2, 0.25) is 0 Å². The molecule has 8 heteroatoms. The van der Waals surface area contributed by atoms with Crippen molar-refractivity contribution >= 4 is 22.4 Å². The van der Waals surface area contributed by atoms with Gasteiger partial charge >= 0.3 is 17.1 Å². The second kappa shape index (κ2) is 11.6. The van der Waals surface area contributed by atoms with Crippen molar-refractivity contribution in [1.82, 2.24) is 19.7 Å². The van der Waals surface area contributed by atoms with Gasteiger partial charge in [-0.25, -0.2) is 14.6 Å². The SMILES string of the molecule is Cc1ccc(C(=O)Nc2nc([C]3[CH][CH][CH][CH]3)c(-n3cncn3)s2)cc1.[CH]1[CH][CH][CH][CH]1.[Fe+2]. The monoisotopic (exact) mass is 469 g/mol. The molecule has 154 valence electrons. The summed E-state index contributed by atoms with van der Waals surface area (Å²) in [6, 6.07) is 7.42. The van der Waals surface area contributed by atoms with Crippen LogP contribution < -0.4 is 5.32 Å². The van der Waals surface area contributed by atoms with E-state index in [4.69, 9.17) is 0 Å². The average molecular weight is 469 g/mol. The van der Waals surface area contributed by atoms with Gasteiger partial charge in [-0.1, -0.05) is 29.0 Å². The number of aromatic nitrogens is 4. The number of nitrogens with one attached hydrogen (secondary N) is 1. The van der Waals surface area contributed by atoms with Crippen molar-refractivity contribution in [2.75, 3.05) is 5.32 Å². The van der Waals surface area contributed by atoms with E-state index in [1.54, 1.807) is 23.1 Å². The van der Waals surface area contributed by atoms with Crippen LogP contribution in [0.5, 0.6) is 0 Å². The molecule has 0 bridgehead atoms. The Hall–Kier alpha value is -2.02. The zero-order valence-corrected chi connectivity index (χ0v) is 18.5. The van der Waals surface area contributed by atoms with Gasteiger partial charge in [0, 0.05) is 11.5 Å². The number of carbonyl (C=O) groups is 1. The fourth-order valence-corrected chi connectivity index (χ4v) is 3.66. The van der Waals surface area contributed by atoms with Crippen molar-refractivity contribution in [2.24, 2.45) is 0 Å². The number of amides is 1. The maximum absolute atomic E-state index is 12.4. The third kappa shape index (κ3) is 6.25. The third-order valence-corrected chi connectivity index (χ3v) is 5.22. The topological polar surface area (TPSA) is 72.7 Å². The molecule has 2 aliphatic carbocycles. The van der Waals surface area contributed by atoms with Crippen LogP contribution in [0.15, 0.2) is 36.9 Å². The quantitative estimate of drug-likeness (QED) is 0.586. The molecule has 31 heavy (non-hydrogen) atoms. The molecule has 0 atom stereocenters. The van der Waals surface area contributed by atoms with Crippen LogP contribution in [0, 0.1) is 70.6 Å². The zero-order chi connectivity index (χ0) is 20.8. The average Bonchev–Trinajstić information content (AvgIpc) is 3.57. The van der Waals surface area contributed by atoms with Gasteiger partial charge < -0.3 is 0 Å². The first-order valence-corrected chi connectivity index (χ1v) is 10.1. The number of hydrogen-bond donors (Lipinski definition) is 1. The predicted molar refractivity (Wildman–Crippen MR) is 117 cm³/mol. The second-order valence-electron chi connectivity index (χ2n) is 6.47. The normalized spacial score (nSPS) is 15.8. The van der Waals surface area contributed by atoms with Crippen molar-refractivity contribution < 1.29 is 21.9 Å². The second-order valence-corrected chi connectivity index (χ2v) is 7.45. The minimum atomic E-state index is -0.187. The van der Waals surface area contributed by atoms with Gasteiger partial charge in [0.25, 0.3) is 5.91 Å². The van der Waals surface area contributed by atoms with Gasteiger partial charge in [0.05, 0.1) is 5.69 Å². The summed E-state index contributed by atoms with van der Waals surface area (Å²) in [7, 11) is 0. The van der Waals surface area contributed by atoms with Crippen molar-refractivity contribution in [3.63, 3.8) is 0 Å². The summed E-state index contributed by atoms with van der Waals surface area (Å²) in [5.41, 5.74) is 2.47. The Morgan fingerprint density at radius 1 is 0.968 bits per heavy atom. The van der Waals surface area contributed by atoms with Crippen molar-refractivity contribution in [1.29, 1.82) is 0 Å². The molecule has 1 aromatic carbocycles. The molecule has 0 unspecified atom stereocenters. The van der Waals surface area contributed by atoms with E-state index in [1.165, 1.54) is 17.7 Å². The molecular formula is C23H19FeN5OS+2. The summed E-state index contributed by atoms with van der Waals surface area (Å²) >= 11 is 1.36. The van der Waals surface area contributed by atoms with Crippen molar-refractivity contribution in [3.8, 4) is 5.00 Å². The molecule has 0 spiro atoms. The molecule has 10 radical (unpaired) electrons. The van der Waals surface area contributed by atoms with E-state index in [9.17, 15) is 4.79 Å².